The van der Waals surface area contributed by atoms with Gasteiger partial charge in [0.2, 0.25) is 5.91 Å². The van der Waals surface area contributed by atoms with Crippen LogP contribution in [0, 0.1) is 0 Å². The summed E-state index contributed by atoms with van der Waals surface area (Å²) in [7, 11) is 0. The highest BCUT2D eigenvalue weighted by molar-refractivity contribution is 5.92. The summed E-state index contributed by atoms with van der Waals surface area (Å²) in [6, 6.07) is 3.85. The molecule has 5 heteroatoms. The molecule has 94 valence electrons. The van der Waals surface area contributed by atoms with Crippen molar-refractivity contribution < 1.29 is 4.79 Å². The number of nitrogens with two attached hydrogens (primary N) is 2. The third-order valence-electron chi connectivity index (χ3n) is 2.55. The Morgan fingerprint density at radius 3 is 2.59 bits per heavy atom. The molecule has 4 N–H and O–H groups in total. The largest absolute Gasteiger partial charge is 0.366 e. The minimum atomic E-state index is -0.456. The summed E-state index contributed by atoms with van der Waals surface area (Å²) < 4.78 is 0. The van der Waals surface area contributed by atoms with Gasteiger partial charge < -0.3 is 16.4 Å². The van der Waals surface area contributed by atoms with Gasteiger partial charge in [0.1, 0.15) is 5.82 Å². The summed E-state index contributed by atoms with van der Waals surface area (Å²) in [5, 5.41) is 0. The van der Waals surface area contributed by atoms with E-state index >= 15 is 0 Å². The molecule has 0 radical (unpaired) electrons. The SMILES string of the molecule is CC(C)N(CCCN)c1ccc(C(N)=O)cn1. The first kappa shape index (κ1) is 13.4. The molecule has 0 aromatic carbocycles. The van der Waals surface area contributed by atoms with Gasteiger partial charge in [-0.3, -0.25) is 4.79 Å². The van der Waals surface area contributed by atoms with Gasteiger partial charge in [-0.15, -0.1) is 0 Å². The lowest BCUT2D eigenvalue weighted by Gasteiger charge is -2.27. The zero-order valence-corrected chi connectivity index (χ0v) is 10.4. The zero-order chi connectivity index (χ0) is 12.8. The number of primary amides is 1. The predicted molar refractivity (Wildman–Crippen MR) is 68.9 cm³/mol. The lowest BCUT2D eigenvalue weighted by Crippen LogP contribution is -2.33. The van der Waals surface area contributed by atoms with Crippen LogP contribution in [-0.2, 0) is 0 Å². The lowest BCUT2D eigenvalue weighted by molar-refractivity contribution is 0.1000. The predicted octanol–water partition coefficient (Wildman–Crippen LogP) is 0.744. The molecule has 0 aliphatic rings. The fourth-order valence-corrected chi connectivity index (χ4v) is 1.60. The van der Waals surface area contributed by atoms with Gasteiger partial charge in [0.15, 0.2) is 0 Å². The molecule has 1 aromatic heterocycles. The molecule has 5 nitrogen and oxygen atoms in total. The van der Waals surface area contributed by atoms with E-state index in [0.717, 1.165) is 18.8 Å². The lowest BCUT2D eigenvalue weighted by atomic mass is 10.2. The maximum atomic E-state index is 10.9. The molecule has 0 spiro atoms. The molecule has 1 heterocycles. The number of anilines is 1. The van der Waals surface area contributed by atoms with Crippen molar-refractivity contribution in [2.45, 2.75) is 26.3 Å². The Hall–Kier alpha value is -1.62. The molecule has 0 aliphatic heterocycles. The summed E-state index contributed by atoms with van der Waals surface area (Å²) in [5.41, 5.74) is 11.1. The maximum Gasteiger partial charge on any atom is 0.250 e. The number of hydrogen-bond acceptors (Lipinski definition) is 4. The summed E-state index contributed by atoms with van der Waals surface area (Å²) in [6.07, 6.45) is 2.42. The molecule has 0 bridgehead atoms. The second kappa shape index (κ2) is 6.20. The Balaban J connectivity index is 2.83. The van der Waals surface area contributed by atoms with Crippen molar-refractivity contribution >= 4 is 11.7 Å². The zero-order valence-electron chi connectivity index (χ0n) is 10.4. The van der Waals surface area contributed by atoms with Gasteiger partial charge in [0, 0.05) is 18.8 Å². The number of carbonyl (C=O) groups excluding carboxylic acids is 1. The molecule has 0 atom stereocenters. The fraction of sp³-hybridized carbons (Fsp3) is 0.500. The Labute approximate surface area is 102 Å². The first-order chi connectivity index (χ1) is 8.06. The average molecular weight is 236 g/mol. The minimum Gasteiger partial charge on any atom is -0.366 e. The highest BCUT2D eigenvalue weighted by atomic mass is 16.1. The molecular weight excluding hydrogens is 216 g/mol. The summed E-state index contributed by atoms with van der Waals surface area (Å²) in [4.78, 5) is 17.3. The fourth-order valence-electron chi connectivity index (χ4n) is 1.60. The third kappa shape index (κ3) is 3.71. The number of carbonyl (C=O) groups is 1. The second-order valence-electron chi connectivity index (χ2n) is 4.20. The number of hydrogen-bond donors (Lipinski definition) is 2. The highest BCUT2D eigenvalue weighted by Gasteiger charge is 2.11. The van der Waals surface area contributed by atoms with E-state index < -0.39 is 5.91 Å². The second-order valence-corrected chi connectivity index (χ2v) is 4.20. The van der Waals surface area contributed by atoms with Crippen molar-refractivity contribution in [3.63, 3.8) is 0 Å². The molecule has 0 saturated heterocycles. The van der Waals surface area contributed by atoms with Crippen molar-refractivity contribution in [2.75, 3.05) is 18.0 Å². The van der Waals surface area contributed by atoms with Crippen molar-refractivity contribution in [3.05, 3.63) is 23.9 Å². The average Bonchev–Trinajstić information content (AvgIpc) is 2.29. The third-order valence-corrected chi connectivity index (χ3v) is 2.55. The van der Waals surface area contributed by atoms with Crippen LogP contribution in [0.2, 0.25) is 0 Å². The first-order valence-electron chi connectivity index (χ1n) is 5.78. The number of aromatic nitrogens is 1. The van der Waals surface area contributed by atoms with Crippen molar-refractivity contribution in [1.29, 1.82) is 0 Å². The van der Waals surface area contributed by atoms with E-state index in [1.165, 1.54) is 6.20 Å². The normalized spacial score (nSPS) is 10.6. The number of rotatable bonds is 6. The Morgan fingerprint density at radius 2 is 2.18 bits per heavy atom. The van der Waals surface area contributed by atoms with Gasteiger partial charge in [-0.25, -0.2) is 4.98 Å². The molecular formula is C12H20N4O. The van der Waals surface area contributed by atoms with Gasteiger partial charge in [-0.1, -0.05) is 0 Å². The van der Waals surface area contributed by atoms with Crippen LogP contribution in [-0.4, -0.2) is 30.0 Å². The van der Waals surface area contributed by atoms with E-state index in [2.05, 4.69) is 23.7 Å². The summed E-state index contributed by atoms with van der Waals surface area (Å²) in [5.74, 6) is 0.389. The van der Waals surface area contributed by atoms with Crippen LogP contribution in [0.15, 0.2) is 18.3 Å². The monoisotopic (exact) mass is 236 g/mol. The van der Waals surface area contributed by atoms with Crippen LogP contribution in [0.4, 0.5) is 5.82 Å². The number of pyridine rings is 1. The van der Waals surface area contributed by atoms with Gasteiger partial charge in [-0.2, -0.15) is 0 Å². The Morgan fingerprint density at radius 1 is 1.47 bits per heavy atom. The van der Waals surface area contributed by atoms with Gasteiger partial charge in [0.25, 0.3) is 0 Å². The van der Waals surface area contributed by atoms with Crippen LogP contribution in [0.3, 0.4) is 0 Å². The molecule has 1 rings (SSSR count). The molecule has 1 aromatic rings. The molecule has 0 unspecified atom stereocenters. The number of amides is 1. The standard InChI is InChI=1S/C12H20N4O/c1-9(2)16(7-3-6-13)11-5-4-10(8-15-11)12(14)17/h4-5,8-9H,3,6-7,13H2,1-2H3,(H2,14,17). The maximum absolute atomic E-state index is 10.9. The van der Waals surface area contributed by atoms with E-state index in [-0.39, 0.29) is 0 Å². The van der Waals surface area contributed by atoms with E-state index in [1.807, 2.05) is 6.07 Å². The minimum absolute atomic E-state index is 0.341. The smallest absolute Gasteiger partial charge is 0.250 e. The molecule has 0 saturated carbocycles. The molecule has 1 amide bonds. The van der Waals surface area contributed by atoms with Gasteiger partial charge in [0.05, 0.1) is 5.56 Å². The van der Waals surface area contributed by atoms with Crippen LogP contribution >= 0.6 is 0 Å². The molecule has 0 fully saturated rings. The van der Waals surface area contributed by atoms with Crippen LogP contribution < -0.4 is 16.4 Å². The highest BCUT2D eigenvalue weighted by Crippen LogP contribution is 2.14. The van der Waals surface area contributed by atoms with Crippen molar-refractivity contribution in [2.24, 2.45) is 11.5 Å². The van der Waals surface area contributed by atoms with Crippen molar-refractivity contribution in [1.82, 2.24) is 4.98 Å². The van der Waals surface area contributed by atoms with E-state index in [0.29, 0.717) is 18.2 Å². The quantitative estimate of drug-likeness (QED) is 0.763. The van der Waals surface area contributed by atoms with E-state index in [9.17, 15) is 4.79 Å². The topological polar surface area (TPSA) is 85.2 Å². The Kier molecular flexibility index (Phi) is 4.90. The summed E-state index contributed by atoms with van der Waals surface area (Å²) in [6.45, 7) is 5.71. The van der Waals surface area contributed by atoms with E-state index in [4.69, 9.17) is 11.5 Å². The van der Waals surface area contributed by atoms with Crippen LogP contribution in [0.5, 0.6) is 0 Å². The Bertz CT molecular complexity index is 361. The summed E-state index contributed by atoms with van der Waals surface area (Å²) >= 11 is 0. The molecule has 0 aliphatic carbocycles. The number of nitrogens with zero attached hydrogens (tertiary/aromatic N) is 2. The molecule has 17 heavy (non-hydrogen) atoms. The van der Waals surface area contributed by atoms with Crippen molar-refractivity contribution in [3.8, 4) is 0 Å². The van der Waals surface area contributed by atoms with Crippen LogP contribution in [0.25, 0.3) is 0 Å². The van der Waals surface area contributed by atoms with Crippen LogP contribution in [0.1, 0.15) is 30.6 Å². The van der Waals surface area contributed by atoms with E-state index in [1.54, 1.807) is 6.07 Å². The van der Waals surface area contributed by atoms with Gasteiger partial charge in [-0.05, 0) is 38.9 Å². The van der Waals surface area contributed by atoms with Gasteiger partial charge >= 0.3 is 0 Å². The first-order valence-corrected chi connectivity index (χ1v) is 5.78.